The summed E-state index contributed by atoms with van der Waals surface area (Å²) in [6.45, 7) is 6.22. The first-order valence-corrected chi connectivity index (χ1v) is 12.2. The number of ether oxygens (including phenoxy) is 1. The molecule has 1 aliphatic rings. The number of hydrogen-bond donors (Lipinski definition) is 2. The molecule has 200 valence electrons. The van der Waals surface area contributed by atoms with Gasteiger partial charge in [-0.25, -0.2) is 23.3 Å². The molecule has 1 unspecified atom stereocenters. The van der Waals surface area contributed by atoms with Gasteiger partial charge in [-0.1, -0.05) is 24.3 Å². The van der Waals surface area contributed by atoms with Gasteiger partial charge in [0, 0.05) is 19.1 Å². The van der Waals surface area contributed by atoms with Gasteiger partial charge in [0.1, 0.15) is 11.9 Å². The molecule has 11 heteroatoms. The van der Waals surface area contributed by atoms with Crippen LogP contribution < -0.4 is 16.7 Å². The molecule has 1 aliphatic heterocycles. The Kier molecular flexibility index (Phi) is 9.34. The van der Waals surface area contributed by atoms with Crippen molar-refractivity contribution in [1.82, 2.24) is 19.4 Å². The van der Waals surface area contributed by atoms with E-state index in [-0.39, 0.29) is 35.9 Å². The number of aromatic nitrogens is 2. The number of primary amides is 1. The van der Waals surface area contributed by atoms with Gasteiger partial charge in [0.25, 0.3) is 0 Å². The molecule has 37 heavy (non-hydrogen) atoms. The van der Waals surface area contributed by atoms with Gasteiger partial charge in [0.2, 0.25) is 0 Å². The molecule has 2 aromatic carbocycles. The Morgan fingerprint density at radius 2 is 1.70 bits per heavy atom. The highest BCUT2D eigenvalue weighted by molar-refractivity contribution is 5.89. The van der Waals surface area contributed by atoms with Crippen molar-refractivity contribution in [2.45, 2.75) is 38.8 Å². The first-order valence-electron chi connectivity index (χ1n) is 12.2. The number of rotatable bonds is 7. The van der Waals surface area contributed by atoms with Gasteiger partial charge in [-0.3, -0.25) is 9.47 Å². The van der Waals surface area contributed by atoms with Crippen molar-refractivity contribution in [3.05, 3.63) is 70.4 Å². The van der Waals surface area contributed by atoms with Crippen LogP contribution in [0.1, 0.15) is 44.4 Å². The molecular formula is C26H33ClFN5O4. The third kappa shape index (κ3) is 6.50. The number of piperidine rings is 1. The lowest BCUT2D eigenvalue weighted by Crippen LogP contribution is -2.43. The Labute approximate surface area is 220 Å². The van der Waals surface area contributed by atoms with Crippen LogP contribution >= 0.6 is 12.4 Å². The van der Waals surface area contributed by atoms with E-state index in [4.69, 9.17) is 10.5 Å². The molecule has 0 spiro atoms. The van der Waals surface area contributed by atoms with Crippen molar-refractivity contribution in [3.8, 4) is 0 Å². The van der Waals surface area contributed by atoms with E-state index in [1.807, 2.05) is 32.0 Å². The monoisotopic (exact) mass is 533 g/mol. The number of carbonyl (C=O) groups excluding carboxylic acids is 2. The maximum Gasteiger partial charge on any atom is 0.405 e. The average Bonchev–Trinajstić information content (AvgIpc) is 3.15. The van der Waals surface area contributed by atoms with Crippen LogP contribution in [0.3, 0.4) is 0 Å². The summed E-state index contributed by atoms with van der Waals surface area (Å²) >= 11 is 0. The minimum atomic E-state index is -0.879. The lowest BCUT2D eigenvalue weighted by molar-refractivity contribution is 0.0637. The fourth-order valence-corrected chi connectivity index (χ4v) is 4.81. The summed E-state index contributed by atoms with van der Waals surface area (Å²) in [5, 5.41) is 2.94. The van der Waals surface area contributed by atoms with Crippen LogP contribution in [0.5, 0.6) is 0 Å². The second-order valence-corrected chi connectivity index (χ2v) is 9.48. The number of likely N-dealkylation sites (tertiary alicyclic amines) is 1. The number of fused-ring (bicyclic) bond motifs is 1. The molecule has 4 rings (SSSR count). The zero-order valence-corrected chi connectivity index (χ0v) is 21.7. The standard InChI is InChI=1S/C26H32FN5O4.ClH/c1-17(2)31-21-5-3-4-6-22(21)32(26(31)35)25(34)29-15-18-11-13-30(14-12-18)16-23(36-24(28)33)19-7-9-20(27)10-8-19;/h3-10,17-18,23H,11-16H2,1-2H3,(H2,28,33)(H,29,34);1H. The van der Waals surface area contributed by atoms with Gasteiger partial charge in [0.15, 0.2) is 0 Å². The number of carbonyl (C=O) groups is 2. The summed E-state index contributed by atoms with van der Waals surface area (Å²) in [6, 6.07) is 12.6. The summed E-state index contributed by atoms with van der Waals surface area (Å²) in [5.74, 6) is -0.115. The Morgan fingerprint density at radius 3 is 2.30 bits per heavy atom. The molecule has 3 N–H and O–H groups in total. The van der Waals surface area contributed by atoms with Gasteiger partial charge < -0.3 is 15.8 Å². The number of nitrogens with one attached hydrogen (secondary N) is 1. The summed E-state index contributed by atoms with van der Waals surface area (Å²) in [7, 11) is 0. The van der Waals surface area contributed by atoms with Crippen LogP contribution in [0.2, 0.25) is 0 Å². The van der Waals surface area contributed by atoms with Gasteiger partial charge in [-0.05, 0) is 75.5 Å². The Balaban J connectivity index is 0.00000380. The SMILES string of the molecule is CC(C)n1c(=O)n(C(=O)NCC2CCN(CC(OC(N)=O)c3ccc(F)cc3)CC2)c2ccccc21.Cl. The number of hydrogen-bond acceptors (Lipinski definition) is 5. The summed E-state index contributed by atoms with van der Waals surface area (Å²) in [4.78, 5) is 39.5. The van der Waals surface area contributed by atoms with Crippen LogP contribution in [0.4, 0.5) is 14.0 Å². The quantitative estimate of drug-likeness (QED) is 0.476. The third-order valence-corrected chi connectivity index (χ3v) is 6.67. The summed E-state index contributed by atoms with van der Waals surface area (Å²) < 4.78 is 21.4. The zero-order valence-electron chi connectivity index (χ0n) is 20.9. The second-order valence-electron chi connectivity index (χ2n) is 9.48. The molecule has 1 fully saturated rings. The highest BCUT2D eigenvalue weighted by Crippen LogP contribution is 2.24. The van der Waals surface area contributed by atoms with Crippen molar-refractivity contribution in [1.29, 1.82) is 0 Å². The normalized spacial score (nSPS) is 15.4. The van der Waals surface area contributed by atoms with Crippen LogP contribution in [-0.4, -0.2) is 52.3 Å². The zero-order chi connectivity index (χ0) is 25.8. The van der Waals surface area contributed by atoms with Crippen molar-refractivity contribution < 1.29 is 18.7 Å². The Morgan fingerprint density at radius 1 is 1.08 bits per heavy atom. The van der Waals surface area contributed by atoms with Gasteiger partial charge in [0.05, 0.1) is 11.0 Å². The molecule has 0 bridgehead atoms. The van der Waals surface area contributed by atoms with Crippen molar-refractivity contribution >= 4 is 35.6 Å². The number of imidazole rings is 1. The predicted octanol–water partition coefficient (Wildman–Crippen LogP) is 4.05. The molecule has 1 saturated heterocycles. The molecule has 2 amide bonds. The topological polar surface area (TPSA) is 112 Å². The highest BCUT2D eigenvalue weighted by atomic mass is 35.5. The van der Waals surface area contributed by atoms with Crippen molar-refractivity contribution in [2.75, 3.05) is 26.2 Å². The van der Waals surface area contributed by atoms with Crippen LogP contribution in [0.25, 0.3) is 11.0 Å². The van der Waals surface area contributed by atoms with Gasteiger partial charge >= 0.3 is 17.8 Å². The van der Waals surface area contributed by atoms with Crippen molar-refractivity contribution in [2.24, 2.45) is 11.7 Å². The van der Waals surface area contributed by atoms with E-state index < -0.39 is 18.2 Å². The number of para-hydroxylation sites is 2. The van der Waals surface area contributed by atoms with E-state index in [0.29, 0.717) is 24.2 Å². The minimum Gasteiger partial charge on any atom is -0.440 e. The number of amides is 2. The van der Waals surface area contributed by atoms with Crippen molar-refractivity contribution in [3.63, 3.8) is 0 Å². The summed E-state index contributed by atoms with van der Waals surface area (Å²) in [6.07, 6.45) is 0.186. The minimum absolute atomic E-state index is 0. The van der Waals surface area contributed by atoms with Gasteiger partial charge in [-0.15, -0.1) is 12.4 Å². The van der Waals surface area contributed by atoms with Crippen LogP contribution in [0, 0.1) is 11.7 Å². The fraction of sp³-hybridized carbons (Fsp3) is 0.423. The predicted molar refractivity (Wildman–Crippen MR) is 142 cm³/mol. The first-order chi connectivity index (χ1) is 17.2. The third-order valence-electron chi connectivity index (χ3n) is 6.67. The molecule has 0 saturated carbocycles. The first kappa shape index (κ1) is 28.2. The largest absolute Gasteiger partial charge is 0.440 e. The number of benzene rings is 2. The van der Waals surface area contributed by atoms with Gasteiger partial charge in [-0.2, -0.15) is 0 Å². The van der Waals surface area contributed by atoms with Crippen LogP contribution in [-0.2, 0) is 4.74 Å². The highest BCUT2D eigenvalue weighted by Gasteiger charge is 2.26. The maximum absolute atomic E-state index is 13.3. The molecular weight excluding hydrogens is 501 g/mol. The second kappa shape index (κ2) is 12.2. The Bertz CT molecular complexity index is 1280. The van der Waals surface area contributed by atoms with Crippen LogP contribution in [0.15, 0.2) is 53.3 Å². The Hall–Kier alpha value is -3.37. The van der Waals surface area contributed by atoms with E-state index >= 15 is 0 Å². The number of halogens is 2. The van der Waals surface area contributed by atoms with E-state index in [1.54, 1.807) is 22.8 Å². The number of nitrogens with zero attached hydrogens (tertiary/aromatic N) is 3. The smallest absolute Gasteiger partial charge is 0.405 e. The number of nitrogens with two attached hydrogens (primary N) is 1. The molecule has 1 atom stereocenters. The lowest BCUT2D eigenvalue weighted by atomic mass is 9.96. The molecule has 1 aromatic heterocycles. The molecule has 9 nitrogen and oxygen atoms in total. The molecule has 0 aliphatic carbocycles. The fourth-order valence-electron chi connectivity index (χ4n) is 4.81. The summed E-state index contributed by atoms with van der Waals surface area (Å²) in [5.41, 5.74) is 6.90. The maximum atomic E-state index is 13.3. The van der Waals surface area contributed by atoms with E-state index in [1.165, 1.54) is 16.7 Å². The lowest BCUT2D eigenvalue weighted by Gasteiger charge is -2.34. The molecule has 0 radical (unpaired) electrons. The van der Waals surface area contributed by atoms with E-state index in [0.717, 1.165) is 31.4 Å². The van der Waals surface area contributed by atoms with E-state index in [2.05, 4.69) is 10.2 Å². The molecule has 3 aromatic rings. The van der Waals surface area contributed by atoms with E-state index in [9.17, 15) is 18.8 Å². The average molecular weight is 534 g/mol. The molecule has 2 heterocycles.